The van der Waals surface area contributed by atoms with Gasteiger partial charge in [0.2, 0.25) is 0 Å². The van der Waals surface area contributed by atoms with E-state index >= 15 is 0 Å². The highest BCUT2D eigenvalue weighted by Gasteiger charge is 2.08. The number of fused-ring (bicyclic) bond motifs is 1. The first-order chi connectivity index (χ1) is 9.26. The molecule has 0 saturated heterocycles. The van der Waals surface area contributed by atoms with Crippen LogP contribution in [0.1, 0.15) is 0 Å². The van der Waals surface area contributed by atoms with Crippen LogP contribution in [-0.4, -0.2) is 43.6 Å². The van der Waals surface area contributed by atoms with Crippen LogP contribution in [-0.2, 0) is 4.74 Å². The highest BCUT2D eigenvalue weighted by molar-refractivity contribution is 5.95. The third-order valence-corrected chi connectivity index (χ3v) is 2.85. The Morgan fingerprint density at radius 2 is 2.11 bits per heavy atom. The number of nitrogens with one attached hydrogen (secondary N) is 1. The van der Waals surface area contributed by atoms with Crippen LogP contribution in [0.2, 0.25) is 0 Å². The summed E-state index contributed by atoms with van der Waals surface area (Å²) in [5, 5.41) is 14.7. The van der Waals surface area contributed by atoms with Crippen molar-refractivity contribution in [2.24, 2.45) is 0 Å². The van der Waals surface area contributed by atoms with E-state index in [2.05, 4.69) is 10.3 Å². The van der Waals surface area contributed by atoms with Crippen molar-refractivity contribution in [2.45, 2.75) is 6.10 Å². The fourth-order valence-corrected chi connectivity index (χ4v) is 1.96. The van der Waals surface area contributed by atoms with E-state index in [0.717, 1.165) is 22.3 Å². The normalized spacial score (nSPS) is 12.4. The Morgan fingerprint density at radius 3 is 2.84 bits per heavy atom. The average molecular weight is 262 g/mol. The summed E-state index contributed by atoms with van der Waals surface area (Å²) in [5.41, 5.74) is 0. The number of hydrogen-bond donors (Lipinski definition) is 2. The molecule has 0 aliphatic carbocycles. The Labute approximate surface area is 112 Å². The van der Waals surface area contributed by atoms with Crippen molar-refractivity contribution in [3.8, 4) is 5.75 Å². The summed E-state index contributed by atoms with van der Waals surface area (Å²) < 4.78 is 10.2. The lowest BCUT2D eigenvalue weighted by Crippen LogP contribution is -2.24. The largest absolute Gasteiger partial charge is 0.496 e. The predicted octanol–water partition coefficient (Wildman–Crippen LogP) is 1.66. The van der Waals surface area contributed by atoms with E-state index in [9.17, 15) is 5.11 Å². The lowest BCUT2D eigenvalue weighted by Gasteiger charge is -2.13. The topological polar surface area (TPSA) is 63.6 Å². The molecule has 0 aliphatic heterocycles. The fourth-order valence-electron chi connectivity index (χ4n) is 1.96. The molecule has 1 unspecified atom stereocenters. The molecular formula is C14H18N2O3. The number of hydrogen-bond acceptors (Lipinski definition) is 5. The van der Waals surface area contributed by atoms with E-state index in [1.54, 1.807) is 20.4 Å². The summed E-state index contributed by atoms with van der Waals surface area (Å²) in [6, 6.07) is 7.70. The maximum absolute atomic E-state index is 9.64. The minimum atomic E-state index is -0.562. The molecule has 0 bridgehead atoms. The molecule has 2 rings (SSSR count). The molecule has 19 heavy (non-hydrogen) atoms. The Hall–Kier alpha value is -1.85. The molecule has 1 heterocycles. The number of aromatic nitrogens is 1. The van der Waals surface area contributed by atoms with E-state index in [-0.39, 0.29) is 0 Å². The van der Waals surface area contributed by atoms with Crippen LogP contribution < -0.4 is 10.1 Å². The quantitative estimate of drug-likeness (QED) is 0.829. The van der Waals surface area contributed by atoms with Gasteiger partial charge in [-0.15, -0.1) is 0 Å². The SMILES string of the molecule is COCC(O)CNc1nccc2c(OC)cccc12. The van der Waals surface area contributed by atoms with Gasteiger partial charge in [0.1, 0.15) is 11.6 Å². The van der Waals surface area contributed by atoms with Crippen LogP contribution in [0.15, 0.2) is 30.5 Å². The van der Waals surface area contributed by atoms with E-state index in [4.69, 9.17) is 9.47 Å². The molecule has 0 fully saturated rings. The number of nitrogens with zero attached hydrogens (tertiary/aromatic N) is 1. The van der Waals surface area contributed by atoms with Crippen molar-refractivity contribution in [1.82, 2.24) is 4.98 Å². The third kappa shape index (κ3) is 3.13. The number of aliphatic hydroxyl groups excluding tert-OH is 1. The first-order valence-corrected chi connectivity index (χ1v) is 6.09. The maximum atomic E-state index is 9.64. The number of pyridine rings is 1. The standard InChI is InChI=1S/C14H18N2O3/c1-18-9-10(17)8-16-14-12-4-3-5-13(19-2)11(12)6-7-15-14/h3-7,10,17H,8-9H2,1-2H3,(H,15,16). The van der Waals surface area contributed by atoms with Gasteiger partial charge >= 0.3 is 0 Å². The second-order valence-corrected chi connectivity index (χ2v) is 4.21. The minimum absolute atomic E-state index is 0.293. The number of aliphatic hydroxyl groups is 1. The van der Waals surface area contributed by atoms with Crippen LogP contribution >= 0.6 is 0 Å². The molecule has 2 aromatic rings. The molecule has 1 atom stereocenters. The van der Waals surface area contributed by atoms with Gasteiger partial charge in [0.05, 0.1) is 19.8 Å². The number of ether oxygens (including phenoxy) is 2. The lowest BCUT2D eigenvalue weighted by molar-refractivity contribution is 0.0727. The summed E-state index contributed by atoms with van der Waals surface area (Å²) in [6.07, 6.45) is 1.16. The van der Waals surface area contributed by atoms with Crippen molar-refractivity contribution in [1.29, 1.82) is 0 Å². The van der Waals surface area contributed by atoms with E-state index in [0.29, 0.717) is 13.2 Å². The predicted molar refractivity (Wildman–Crippen MR) is 74.7 cm³/mol. The Balaban J connectivity index is 2.24. The molecule has 0 radical (unpaired) electrons. The van der Waals surface area contributed by atoms with E-state index in [1.807, 2.05) is 24.3 Å². The van der Waals surface area contributed by atoms with Crippen LogP contribution in [0, 0.1) is 0 Å². The van der Waals surface area contributed by atoms with Gasteiger partial charge in [-0.05, 0) is 12.1 Å². The van der Waals surface area contributed by atoms with Gasteiger partial charge in [0, 0.05) is 30.6 Å². The molecule has 0 spiro atoms. The fraction of sp³-hybridized carbons (Fsp3) is 0.357. The second kappa shape index (κ2) is 6.36. The lowest BCUT2D eigenvalue weighted by atomic mass is 10.1. The smallest absolute Gasteiger partial charge is 0.134 e. The molecule has 0 saturated carbocycles. The first-order valence-electron chi connectivity index (χ1n) is 6.09. The van der Waals surface area contributed by atoms with Crippen LogP contribution in [0.3, 0.4) is 0 Å². The van der Waals surface area contributed by atoms with Gasteiger partial charge in [0.15, 0.2) is 0 Å². The first kappa shape index (κ1) is 13.6. The molecule has 2 N–H and O–H groups in total. The molecular weight excluding hydrogens is 244 g/mol. The maximum Gasteiger partial charge on any atom is 0.134 e. The zero-order valence-electron chi connectivity index (χ0n) is 11.1. The molecule has 5 heteroatoms. The van der Waals surface area contributed by atoms with Crippen LogP contribution in [0.4, 0.5) is 5.82 Å². The van der Waals surface area contributed by atoms with Crippen molar-refractivity contribution in [3.05, 3.63) is 30.5 Å². The number of rotatable bonds is 6. The summed E-state index contributed by atoms with van der Waals surface area (Å²) in [7, 11) is 3.20. The van der Waals surface area contributed by atoms with Gasteiger partial charge in [-0.3, -0.25) is 0 Å². The van der Waals surface area contributed by atoms with Crippen LogP contribution in [0.25, 0.3) is 10.8 Å². The summed E-state index contributed by atoms with van der Waals surface area (Å²) in [6.45, 7) is 0.679. The van der Waals surface area contributed by atoms with E-state index < -0.39 is 6.10 Å². The monoisotopic (exact) mass is 262 g/mol. The van der Waals surface area contributed by atoms with E-state index in [1.165, 1.54) is 0 Å². The van der Waals surface area contributed by atoms with Crippen molar-refractivity contribution in [3.63, 3.8) is 0 Å². The highest BCUT2D eigenvalue weighted by atomic mass is 16.5. The summed E-state index contributed by atoms with van der Waals surface area (Å²) in [5.74, 6) is 1.53. The van der Waals surface area contributed by atoms with Gasteiger partial charge < -0.3 is 19.9 Å². The van der Waals surface area contributed by atoms with Gasteiger partial charge in [-0.25, -0.2) is 4.98 Å². The summed E-state index contributed by atoms with van der Waals surface area (Å²) >= 11 is 0. The number of benzene rings is 1. The molecule has 1 aromatic heterocycles. The van der Waals surface area contributed by atoms with Crippen LogP contribution in [0.5, 0.6) is 5.75 Å². The zero-order valence-corrected chi connectivity index (χ0v) is 11.1. The van der Waals surface area contributed by atoms with Crippen molar-refractivity contribution >= 4 is 16.6 Å². The zero-order chi connectivity index (χ0) is 13.7. The number of anilines is 1. The van der Waals surface area contributed by atoms with Crippen molar-refractivity contribution in [2.75, 3.05) is 32.7 Å². The Morgan fingerprint density at radius 1 is 1.26 bits per heavy atom. The molecule has 0 aliphatic rings. The summed E-state index contributed by atoms with van der Waals surface area (Å²) in [4.78, 5) is 4.30. The van der Waals surface area contributed by atoms with Gasteiger partial charge in [-0.1, -0.05) is 12.1 Å². The molecule has 0 amide bonds. The Bertz CT molecular complexity index is 545. The van der Waals surface area contributed by atoms with Crippen molar-refractivity contribution < 1.29 is 14.6 Å². The van der Waals surface area contributed by atoms with Gasteiger partial charge in [0.25, 0.3) is 0 Å². The molecule has 102 valence electrons. The third-order valence-electron chi connectivity index (χ3n) is 2.85. The minimum Gasteiger partial charge on any atom is -0.496 e. The van der Waals surface area contributed by atoms with Gasteiger partial charge in [-0.2, -0.15) is 0 Å². The molecule has 5 nitrogen and oxygen atoms in total. The molecule has 1 aromatic carbocycles. The average Bonchev–Trinajstić information content (AvgIpc) is 2.44. The second-order valence-electron chi connectivity index (χ2n) is 4.21. The number of methoxy groups -OCH3 is 2. The Kier molecular flexibility index (Phi) is 4.54. The highest BCUT2D eigenvalue weighted by Crippen LogP contribution is 2.28.